The van der Waals surface area contributed by atoms with Crippen molar-refractivity contribution in [2.45, 2.75) is 62.4 Å². The van der Waals surface area contributed by atoms with Gasteiger partial charge in [0, 0.05) is 25.2 Å². The number of rotatable bonds is 5. The third-order valence-electron chi connectivity index (χ3n) is 7.49. The van der Waals surface area contributed by atoms with E-state index in [1.807, 2.05) is 34.9 Å². The highest BCUT2D eigenvalue weighted by molar-refractivity contribution is 5.87. The van der Waals surface area contributed by atoms with E-state index in [9.17, 15) is 14.9 Å². The average Bonchev–Trinajstić information content (AvgIpc) is 3.11. The number of carbonyl (C=O) groups excluding carboxylic acids is 2. The molecule has 4 aliphatic rings. The summed E-state index contributed by atoms with van der Waals surface area (Å²) in [6.07, 6.45) is 2.47. The summed E-state index contributed by atoms with van der Waals surface area (Å²) in [6.45, 7) is 3.02. The number of piperidine rings is 1. The largest absolute Gasteiger partial charge is 0.330 e. The van der Waals surface area contributed by atoms with Crippen molar-refractivity contribution in [2.75, 3.05) is 13.1 Å². The maximum absolute atomic E-state index is 13.2. The van der Waals surface area contributed by atoms with Crippen LogP contribution in [-0.2, 0) is 9.59 Å². The Hall–Kier alpha value is -2.94. The maximum Gasteiger partial charge on any atom is 0.242 e. The van der Waals surface area contributed by atoms with Gasteiger partial charge in [0.05, 0.1) is 35.8 Å². The molecule has 0 spiro atoms. The molecule has 3 aliphatic heterocycles. The molecule has 1 aromatic rings. The fraction of sp³-hybridized carbons (Fsp3) is 0.565. The quantitative estimate of drug-likeness (QED) is 0.754. The summed E-state index contributed by atoms with van der Waals surface area (Å²) in [6, 6.07) is 10.6. The third-order valence-corrected chi connectivity index (χ3v) is 7.49. The first-order valence-electron chi connectivity index (χ1n) is 11.0. The van der Waals surface area contributed by atoms with Gasteiger partial charge in [0.15, 0.2) is 0 Å². The molecule has 2 bridgehead atoms. The molecular weight excluding hydrogens is 392 g/mol. The van der Waals surface area contributed by atoms with Gasteiger partial charge in [0.2, 0.25) is 11.8 Å². The summed E-state index contributed by atoms with van der Waals surface area (Å²) in [5.41, 5.74) is 7.81. The van der Waals surface area contributed by atoms with Crippen molar-refractivity contribution in [1.29, 1.82) is 10.5 Å². The molecule has 3 unspecified atom stereocenters. The highest BCUT2D eigenvalue weighted by Gasteiger charge is 2.56. The van der Waals surface area contributed by atoms with Gasteiger partial charge in [-0.05, 0) is 49.8 Å². The Labute approximate surface area is 181 Å². The zero-order valence-corrected chi connectivity index (χ0v) is 17.5. The molecule has 2 amide bonds. The minimum Gasteiger partial charge on any atom is -0.330 e. The van der Waals surface area contributed by atoms with Crippen LogP contribution in [0.1, 0.15) is 43.4 Å². The summed E-state index contributed by atoms with van der Waals surface area (Å²) in [7, 11) is 0. The minimum absolute atomic E-state index is 0.0593. The van der Waals surface area contributed by atoms with Crippen LogP contribution >= 0.6 is 0 Å². The second kappa shape index (κ2) is 7.33. The van der Waals surface area contributed by atoms with Crippen molar-refractivity contribution in [3.05, 3.63) is 35.4 Å². The number of amides is 2. The third kappa shape index (κ3) is 3.18. The molecule has 3 heterocycles. The molecule has 1 aromatic carbocycles. The van der Waals surface area contributed by atoms with Crippen molar-refractivity contribution < 1.29 is 9.59 Å². The fourth-order valence-corrected chi connectivity index (χ4v) is 5.84. The number of likely N-dealkylation sites (tertiary alicyclic amines) is 3. The van der Waals surface area contributed by atoms with Crippen molar-refractivity contribution in [3.8, 4) is 12.1 Å². The smallest absolute Gasteiger partial charge is 0.242 e. The first-order chi connectivity index (χ1) is 14.9. The molecule has 8 heteroatoms. The Bertz CT molecular complexity index is 1010. The summed E-state index contributed by atoms with van der Waals surface area (Å²) in [5.74, 6) is 0.356. The van der Waals surface area contributed by atoms with E-state index in [0.29, 0.717) is 24.6 Å². The summed E-state index contributed by atoms with van der Waals surface area (Å²) in [4.78, 5) is 31.8. The van der Waals surface area contributed by atoms with Crippen LogP contribution in [0.5, 0.6) is 0 Å². The van der Waals surface area contributed by atoms with E-state index in [2.05, 4.69) is 12.1 Å². The molecule has 1 saturated carbocycles. The molecule has 7 atom stereocenters. The molecule has 0 radical (unpaired) electrons. The van der Waals surface area contributed by atoms with E-state index in [1.54, 1.807) is 11.0 Å². The predicted octanol–water partition coefficient (Wildman–Crippen LogP) is 0.745. The number of hydrogen-bond donors (Lipinski definition) is 1. The molecule has 1 aliphatic carbocycles. The van der Waals surface area contributed by atoms with Gasteiger partial charge in [-0.3, -0.25) is 14.5 Å². The summed E-state index contributed by atoms with van der Waals surface area (Å²) in [5, 5.41) is 18.5. The number of piperazine rings is 1. The minimum atomic E-state index is -0.722. The van der Waals surface area contributed by atoms with Crippen molar-refractivity contribution in [3.63, 3.8) is 0 Å². The molecular formula is C23H26N6O2. The normalized spacial score (nSPS) is 33.0. The first kappa shape index (κ1) is 20.0. The van der Waals surface area contributed by atoms with Gasteiger partial charge in [-0.1, -0.05) is 12.1 Å². The Morgan fingerprint density at radius 3 is 2.81 bits per heavy atom. The molecule has 0 aromatic heterocycles. The van der Waals surface area contributed by atoms with Gasteiger partial charge in [-0.25, -0.2) is 0 Å². The Kier molecular flexibility index (Phi) is 4.73. The van der Waals surface area contributed by atoms with Crippen molar-refractivity contribution in [1.82, 2.24) is 14.7 Å². The van der Waals surface area contributed by atoms with Crippen LogP contribution in [0.2, 0.25) is 0 Å². The lowest BCUT2D eigenvalue weighted by molar-refractivity contribution is -0.141. The van der Waals surface area contributed by atoms with E-state index in [-0.39, 0.29) is 42.0 Å². The number of benzene rings is 1. The van der Waals surface area contributed by atoms with Crippen LogP contribution in [0.15, 0.2) is 24.3 Å². The Morgan fingerprint density at radius 1 is 1.29 bits per heavy atom. The lowest BCUT2D eigenvalue weighted by Gasteiger charge is -2.38. The lowest BCUT2D eigenvalue weighted by atomic mass is 10.0. The number of nitrogens with two attached hydrogens (primary N) is 1. The van der Waals surface area contributed by atoms with Crippen LogP contribution in [0.4, 0.5) is 0 Å². The van der Waals surface area contributed by atoms with Crippen LogP contribution < -0.4 is 5.73 Å². The number of nitrogens with zero attached hydrogens (tertiary/aromatic N) is 5. The predicted molar refractivity (Wildman–Crippen MR) is 111 cm³/mol. The SMILES string of the molecule is CC(c1cccc(C#N)c1)N1C(=O)[C@@H]2C[C@H]1CN2CC(N)C(=O)N1C(C#N)C[C@@H]2C[C@@H]21. The van der Waals surface area contributed by atoms with Crippen LogP contribution in [0.25, 0.3) is 0 Å². The molecule has 4 fully saturated rings. The van der Waals surface area contributed by atoms with E-state index < -0.39 is 6.04 Å². The van der Waals surface area contributed by atoms with E-state index in [0.717, 1.165) is 24.8 Å². The zero-order valence-electron chi connectivity index (χ0n) is 17.5. The lowest BCUT2D eigenvalue weighted by Crippen LogP contribution is -2.57. The van der Waals surface area contributed by atoms with Crippen LogP contribution in [0.3, 0.4) is 0 Å². The van der Waals surface area contributed by atoms with Gasteiger partial charge in [-0.15, -0.1) is 0 Å². The van der Waals surface area contributed by atoms with Crippen molar-refractivity contribution in [2.24, 2.45) is 11.7 Å². The zero-order chi connectivity index (χ0) is 21.9. The second-order valence-corrected chi connectivity index (χ2v) is 9.31. The summed E-state index contributed by atoms with van der Waals surface area (Å²) < 4.78 is 0. The molecule has 2 N–H and O–H groups in total. The summed E-state index contributed by atoms with van der Waals surface area (Å²) >= 11 is 0. The Balaban J connectivity index is 1.24. The Morgan fingerprint density at radius 2 is 2.10 bits per heavy atom. The molecule has 31 heavy (non-hydrogen) atoms. The number of nitriles is 2. The number of hydrogen-bond acceptors (Lipinski definition) is 6. The highest BCUT2D eigenvalue weighted by atomic mass is 16.2. The fourth-order valence-electron chi connectivity index (χ4n) is 5.84. The first-order valence-corrected chi connectivity index (χ1v) is 11.0. The van der Waals surface area contributed by atoms with Gasteiger partial charge >= 0.3 is 0 Å². The molecule has 5 rings (SSSR count). The van der Waals surface area contributed by atoms with Crippen molar-refractivity contribution >= 4 is 11.8 Å². The monoisotopic (exact) mass is 418 g/mol. The van der Waals surface area contributed by atoms with E-state index >= 15 is 0 Å². The average molecular weight is 419 g/mol. The van der Waals surface area contributed by atoms with Gasteiger partial charge in [0.25, 0.3) is 0 Å². The number of fused-ring (bicyclic) bond motifs is 3. The molecule has 160 valence electrons. The molecule has 3 saturated heterocycles. The number of carbonyl (C=O) groups is 2. The van der Waals surface area contributed by atoms with Crippen LogP contribution in [0, 0.1) is 28.6 Å². The maximum atomic E-state index is 13.2. The van der Waals surface area contributed by atoms with E-state index in [1.165, 1.54) is 0 Å². The topological polar surface area (TPSA) is 117 Å². The second-order valence-electron chi connectivity index (χ2n) is 9.31. The highest BCUT2D eigenvalue weighted by Crippen LogP contribution is 2.48. The van der Waals surface area contributed by atoms with Crippen LogP contribution in [-0.4, -0.2) is 69.8 Å². The van der Waals surface area contributed by atoms with Gasteiger partial charge < -0.3 is 15.5 Å². The van der Waals surface area contributed by atoms with Gasteiger partial charge in [0.1, 0.15) is 6.04 Å². The molecule has 8 nitrogen and oxygen atoms in total. The van der Waals surface area contributed by atoms with E-state index in [4.69, 9.17) is 11.0 Å². The van der Waals surface area contributed by atoms with Gasteiger partial charge in [-0.2, -0.15) is 10.5 Å². The standard InChI is InChI=1S/C23H26N6O2/c1-13(15-4-2-3-14(5-15)9-24)28-18-8-21(23(28)31)27(11-18)12-19(26)22(30)29-17(10-25)6-16-7-20(16)29/h2-5,13,16-21H,6-8,11-12,26H2,1H3/t13?,16-,17?,18+,19?,20+,21+/m1/s1.